The molecule has 3 heterocycles. The van der Waals surface area contributed by atoms with Crippen molar-refractivity contribution in [3.8, 4) is 0 Å². The quantitative estimate of drug-likeness (QED) is 0.633. The van der Waals surface area contributed by atoms with Crippen molar-refractivity contribution in [3.63, 3.8) is 0 Å². The maximum Gasteiger partial charge on any atom is 0.250 e. The van der Waals surface area contributed by atoms with Crippen molar-refractivity contribution < 1.29 is 18.8 Å². The van der Waals surface area contributed by atoms with Gasteiger partial charge in [-0.15, -0.1) is 10.2 Å². The van der Waals surface area contributed by atoms with Gasteiger partial charge in [0.05, 0.1) is 13.1 Å². The van der Waals surface area contributed by atoms with Gasteiger partial charge in [0.25, 0.3) is 5.91 Å². The fraction of sp³-hybridized carbons (Fsp3) is 0.706. The van der Waals surface area contributed by atoms with Crippen LogP contribution in [0.5, 0.6) is 0 Å². The standard InChI is InChI=1S/C17H26N6O4/c1-10(2)15(25)23-6-4-5-17(23)8-22(16(17)26)7-12(24)20-13(11(3)18)14-21-19-9-27-14/h9-11,13H,4-8,18H2,1-3H3,(H,20,24). The van der Waals surface area contributed by atoms with Crippen LogP contribution in [-0.2, 0) is 14.4 Å². The lowest BCUT2D eigenvalue weighted by atomic mass is 9.85. The first-order valence-electron chi connectivity index (χ1n) is 9.18. The summed E-state index contributed by atoms with van der Waals surface area (Å²) in [5.74, 6) is -0.489. The first kappa shape index (κ1) is 19.3. The van der Waals surface area contributed by atoms with Crippen LogP contribution >= 0.6 is 0 Å². The zero-order chi connectivity index (χ0) is 19.8. The lowest BCUT2D eigenvalue weighted by Crippen LogP contribution is -2.74. The molecule has 10 nitrogen and oxygen atoms in total. The van der Waals surface area contributed by atoms with Gasteiger partial charge in [-0.2, -0.15) is 0 Å². The maximum absolute atomic E-state index is 12.8. The molecule has 1 aromatic rings. The van der Waals surface area contributed by atoms with Gasteiger partial charge in [0, 0.05) is 18.5 Å². The highest BCUT2D eigenvalue weighted by Gasteiger charge is 2.59. The maximum atomic E-state index is 12.8. The predicted octanol–water partition coefficient (Wildman–Crippen LogP) is -0.566. The Balaban J connectivity index is 1.61. The monoisotopic (exact) mass is 378 g/mol. The van der Waals surface area contributed by atoms with Crippen LogP contribution in [0.3, 0.4) is 0 Å². The van der Waals surface area contributed by atoms with Crippen LogP contribution in [0.15, 0.2) is 10.8 Å². The SMILES string of the molecule is CC(C)C(=O)N1CCCC12CN(CC(=O)NC(c1nnco1)C(C)N)C2=O. The molecule has 3 atom stereocenters. The molecule has 1 spiro atoms. The molecule has 0 radical (unpaired) electrons. The molecule has 0 aliphatic carbocycles. The van der Waals surface area contributed by atoms with E-state index in [1.54, 1.807) is 11.8 Å². The minimum atomic E-state index is -0.769. The summed E-state index contributed by atoms with van der Waals surface area (Å²) >= 11 is 0. The van der Waals surface area contributed by atoms with Gasteiger partial charge in [0.2, 0.25) is 24.1 Å². The summed E-state index contributed by atoms with van der Waals surface area (Å²) in [6, 6.07) is -1.07. The second kappa shape index (κ2) is 7.26. The number of amides is 3. The molecular weight excluding hydrogens is 352 g/mol. The smallest absolute Gasteiger partial charge is 0.250 e. The summed E-state index contributed by atoms with van der Waals surface area (Å²) in [5.41, 5.74) is 5.12. The van der Waals surface area contributed by atoms with Gasteiger partial charge in [0.1, 0.15) is 11.6 Å². The van der Waals surface area contributed by atoms with Crippen molar-refractivity contribution in [3.05, 3.63) is 12.3 Å². The summed E-state index contributed by atoms with van der Waals surface area (Å²) in [6.07, 6.45) is 2.61. The molecule has 2 aliphatic heterocycles. The third kappa shape index (κ3) is 3.41. The molecule has 2 aliphatic rings. The average molecular weight is 378 g/mol. The Hall–Kier alpha value is -2.49. The van der Waals surface area contributed by atoms with Crippen molar-refractivity contribution in [2.45, 2.75) is 51.2 Å². The second-order valence-corrected chi connectivity index (χ2v) is 7.62. The number of hydrogen-bond donors (Lipinski definition) is 2. The van der Waals surface area contributed by atoms with Crippen molar-refractivity contribution in [2.75, 3.05) is 19.6 Å². The molecule has 2 fully saturated rings. The van der Waals surface area contributed by atoms with Crippen molar-refractivity contribution in [1.29, 1.82) is 0 Å². The van der Waals surface area contributed by atoms with E-state index in [1.807, 2.05) is 13.8 Å². The van der Waals surface area contributed by atoms with Crippen molar-refractivity contribution in [2.24, 2.45) is 11.7 Å². The Morgan fingerprint density at radius 3 is 2.70 bits per heavy atom. The van der Waals surface area contributed by atoms with E-state index in [2.05, 4.69) is 15.5 Å². The van der Waals surface area contributed by atoms with Gasteiger partial charge in [-0.05, 0) is 19.8 Å². The fourth-order valence-corrected chi connectivity index (χ4v) is 3.81. The minimum absolute atomic E-state index is 0.0154. The van der Waals surface area contributed by atoms with Gasteiger partial charge in [-0.1, -0.05) is 13.8 Å². The number of carbonyl (C=O) groups excluding carboxylic acids is 3. The number of carbonyl (C=O) groups is 3. The van der Waals surface area contributed by atoms with Gasteiger partial charge in [-0.25, -0.2) is 0 Å². The molecule has 3 unspecified atom stereocenters. The lowest BCUT2D eigenvalue weighted by Gasteiger charge is -2.51. The molecule has 0 saturated carbocycles. The van der Waals surface area contributed by atoms with E-state index >= 15 is 0 Å². The molecule has 0 bridgehead atoms. The normalized spacial score (nSPS) is 24.3. The van der Waals surface area contributed by atoms with Crippen LogP contribution in [-0.4, -0.2) is 68.9 Å². The van der Waals surface area contributed by atoms with E-state index < -0.39 is 17.6 Å². The molecule has 3 rings (SSSR count). The second-order valence-electron chi connectivity index (χ2n) is 7.62. The first-order chi connectivity index (χ1) is 12.8. The molecule has 2 saturated heterocycles. The van der Waals surface area contributed by atoms with Crippen LogP contribution < -0.4 is 11.1 Å². The Labute approximate surface area is 157 Å². The highest BCUT2D eigenvalue weighted by molar-refractivity contribution is 5.99. The number of aromatic nitrogens is 2. The molecule has 3 N–H and O–H groups in total. The van der Waals surface area contributed by atoms with E-state index in [4.69, 9.17) is 10.2 Å². The summed E-state index contributed by atoms with van der Waals surface area (Å²) in [4.78, 5) is 40.8. The van der Waals surface area contributed by atoms with Crippen LogP contribution in [0.4, 0.5) is 0 Å². The highest BCUT2D eigenvalue weighted by atomic mass is 16.4. The predicted molar refractivity (Wildman–Crippen MR) is 93.9 cm³/mol. The average Bonchev–Trinajstić information content (AvgIpc) is 3.29. The van der Waals surface area contributed by atoms with Gasteiger partial charge < -0.3 is 25.3 Å². The minimum Gasteiger partial charge on any atom is -0.426 e. The Morgan fingerprint density at radius 1 is 1.41 bits per heavy atom. The summed E-state index contributed by atoms with van der Waals surface area (Å²) in [6.45, 7) is 6.24. The van der Waals surface area contributed by atoms with Crippen LogP contribution in [0.2, 0.25) is 0 Å². The van der Waals surface area contributed by atoms with Crippen LogP contribution in [0, 0.1) is 5.92 Å². The van der Waals surface area contributed by atoms with E-state index in [9.17, 15) is 14.4 Å². The fourth-order valence-electron chi connectivity index (χ4n) is 3.81. The Morgan fingerprint density at radius 2 is 2.15 bits per heavy atom. The summed E-state index contributed by atoms with van der Waals surface area (Å²) < 4.78 is 5.12. The van der Waals surface area contributed by atoms with Gasteiger partial charge in [-0.3, -0.25) is 14.4 Å². The van der Waals surface area contributed by atoms with Gasteiger partial charge in [0.15, 0.2) is 0 Å². The zero-order valence-corrected chi connectivity index (χ0v) is 15.8. The van der Waals surface area contributed by atoms with Crippen molar-refractivity contribution >= 4 is 17.7 Å². The van der Waals surface area contributed by atoms with E-state index in [-0.39, 0.29) is 36.1 Å². The largest absolute Gasteiger partial charge is 0.426 e. The number of nitrogens with one attached hydrogen (secondary N) is 1. The Bertz CT molecular complexity index is 719. The zero-order valence-electron chi connectivity index (χ0n) is 15.8. The number of nitrogens with zero attached hydrogens (tertiary/aromatic N) is 4. The van der Waals surface area contributed by atoms with Crippen LogP contribution in [0.25, 0.3) is 0 Å². The van der Waals surface area contributed by atoms with E-state index in [0.29, 0.717) is 19.5 Å². The third-order valence-electron chi connectivity index (χ3n) is 5.21. The molecule has 27 heavy (non-hydrogen) atoms. The Kier molecular flexibility index (Phi) is 5.18. The molecule has 148 valence electrons. The summed E-state index contributed by atoms with van der Waals surface area (Å²) in [5, 5.41) is 10.1. The molecule has 0 aromatic carbocycles. The molecular formula is C17H26N6O4. The number of rotatable bonds is 6. The molecule has 10 heteroatoms. The number of nitrogens with two attached hydrogens (primary N) is 1. The van der Waals surface area contributed by atoms with Gasteiger partial charge >= 0.3 is 0 Å². The highest BCUT2D eigenvalue weighted by Crippen LogP contribution is 2.39. The third-order valence-corrected chi connectivity index (χ3v) is 5.21. The molecule has 3 amide bonds. The van der Waals surface area contributed by atoms with Crippen molar-refractivity contribution in [1.82, 2.24) is 25.3 Å². The van der Waals surface area contributed by atoms with E-state index in [1.165, 1.54) is 11.3 Å². The number of likely N-dealkylation sites (tertiary alicyclic amines) is 2. The number of β-lactam (4-membered cyclic amide) rings is 1. The topological polar surface area (TPSA) is 135 Å². The molecule has 1 aromatic heterocycles. The lowest BCUT2D eigenvalue weighted by molar-refractivity contribution is -0.169. The number of hydrogen-bond acceptors (Lipinski definition) is 7. The first-order valence-corrected chi connectivity index (χ1v) is 9.18. The van der Waals surface area contributed by atoms with Crippen LogP contribution in [0.1, 0.15) is 45.5 Å². The van der Waals surface area contributed by atoms with E-state index in [0.717, 1.165) is 6.42 Å². The summed E-state index contributed by atoms with van der Waals surface area (Å²) in [7, 11) is 0.